The monoisotopic (exact) mass is 247 g/mol. The van der Waals surface area contributed by atoms with Crippen LogP contribution < -0.4 is 5.73 Å². The molecule has 0 saturated heterocycles. The summed E-state index contributed by atoms with van der Waals surface area (Å²) >= 11 is 0. The van der Waals surface area contributed by atoms with E-state index in [1.54, 1.807) is 7.11 Å². The van der Waals surface area contributed by atoms with Crippen molar-refractivity contribution in [2.75, 3.05) is 13.7 Å². The van der Waals surface area contributed by atoms with Gasteiger partial charge in [-0.15, -0.1) is 0 Å². The zero-order valence-corrected chi connectivity index (χ0v) is 11.3. The molecule has 0 bridgehead atoms. The number of nitrogens with two attached hydrogens (primary N) is 1. The number of aryl methyl sites for hydroxylation is 1. The fourth-order valence-corrected chi connectivity index (χ4v) is 2.11. The van der Waals surface area contributed by atoms with E-state index in [4.69, 9.17) is 14.9 Å². The van der Waals surface area contributed by atoms with E-state index in [0.717, 1.165) is 29.8 Å². The zero-order chi connectivity index (χ0) is 13.1. The van der Waals surface area contributed by atoms with Gasteiger partial charge in [0.15, 0.2) is 0 Å². The van der Waals surface area contributed by atoms with Gasteiger partial charge in [0.25, 0.3) is 0 Å². The van der Waals surface area contributed by atoms with E-state index in [0.29, 0.717) is 5.92 Å². The fraction of sp³-hybridized carbons (Fsp3) is 0.467. The van der Waals surface area contributed by atoms with Crippen molar-refractivity contribution in [1.82, 2.24) is 0 Å². The van der Waals surface area contributed by atoms with Crippen molar-refractivity contribution >= 4 is 11.0 Å². The maximum absolute atomic E-state index is 6.23. The first kappa shape index (κ1) is 13.1. The smallest absolute Gasteiger partial charge is 0.134 e. The lowest BCUT2D eigenvalue weighted by molar-refractivity contribution is 0.172. The van der Waals surface area contributed by atoms with Gasteiger partial charge in [-0.05, 0) is 37.5 Å². The Morgan fingerprint density at radius 2 is 2.11 bits per heavy atom. The van der Waals surface area contributed by atoms with Gasteiger partial charge in [-0.2, -0.15) is 0 Å². The van der Waals surface area contributed by atoms with Crippen molar-refractivity contribution in [2.24, 2.45) is 11.7 Å². The molecule has 2 unspecified atom stereocenters. The molecule has 2 aromatic rings. The number of fused-ring (bicyclic) bond motifs is 1. The third-order valence-electron chi connectivity index (χ3n) is 3.41. The summed E-state index contributed by atoms with van der Waals surface area (Å²) in [6.45, 7) is 4.93. The van der Waals surface area contributed by atoms with Gasteiger partial charge in [-0.1, -0.05) is 18.6 Å². The number of benzene rings is 1. The highest BCUT2D eigenvalue weighted by molar-refractivity contribution is 5.78. The van der Waals surface area contributed by atoms with Gasteiger partial charge >= 0.3 is 0 Å². The predicted octanol–water partition coefficient (Wildman–Crippen LogP) is 3.41. The highest BCUT2D eigenvalue weighted by Gasteiger charge is 2.18. The van der Waals surface area contributed by atoms with E-state index < -0.39 is 0 Å². The van der Waals surface area contributed by atoms with Crippen molar-refractivity contribution in [1.29, 1.82) is 0 Å². The molecule has 0 amide bonds. The van der Waals surface area contributed by atoms with Crippen LogP contribution in [0.4, 0.5) is 0 Å². The first-order valence-corrected chi connectivity index (χ1v) is 6.36. The van der Waals surface area contributed by atoms with Gasteiger partial charge in [-0.3, -0.25) is 0 Å². The van der Waals surface area contributed by atoms with Gasteiger partial charge in [0, 0.05) is 19.1 Å². The Labute approximate surface area is 108 Å². The van der Waals surface area contributed by atoms with Crippen LogP contribution in [-0.2, 0) is 4.74 Å². The average Bonchev–Trinajstić information content (AvgIpc) is 2.77. The van der Waals surface area contributed by atoms with Crippen LogP contribution in [0.15, 0.2) is 28.7 Å². The van der Waals surface area contributed by atoms with E-state index in [2.05, 4.69) is 32.0 Å². The van der Waals surface area contributed by atoms with E-state index in [1.165, 1.54) is 5.56 Å². The summed E-state index contributed by atoms with van der Waals surface area (Å²) < 4.78 is 10.9. The van der Waals surface area contributed by atoms with Crippen LogP contribution in [0.5, 0.6) is 0 Å². The topological polar surface area (TPSA) is 48.4 Å². The van der Waals surface area contributed by atoms with Crippen LogP contribution in [0.3, 0.4) is 0 Å². The molecule has 0 aliphatic carbocycles. The van der Waals surface area contributed by atoms with Crippen LogP contribution in [0.2, 0.25) is 0 Å². The summed E-state index contributed by atoms with van der Waals surface area (Å²) in [6, 6.07) is 8.15. The molecule has 1 heterocycles. The summed E-state index contributed by atoms with van der Waals surface area (Å²) in [5.41, 5.74) is 8.37. The van der Waals surface area contributed by atoms with E-state index in [9.17, 15) is 0 Å². The molecule has 1 aromatic heterocycles. The summed E-state index contributed by atoms with van der Waals surface area (Å²) in [4.78, 5) is 0. The molecular formula is C15H21NO2. The minimum atomic E-state index is -0.0761. The lowest BCUT2D eigenvalue weighted by Gasteiger charge is -2.17. The molecule has 0 aliphatic heterocycles. The first-order valence-electron chi connectivity index (χ1n) is 6.36. The second-order valence-electron chi connectivity index (χ2n) is 4.97. The fourth-order valence-electron chi connectivity index (χ4n) is 2.11. The number of furan rings is 1. The molecule has 0 aliphatic rings. The third kappa shape index (κ3) is 2.74. The molecule has 3 nitrogen and oxygen atoms in total. The zero-order valence-electron chi connectivity index (χ0n) is 11.3. The van der Waals surface area contributed by atoms with Crippen molar-refractivity contribution < 1.29 is 9.15 Å². The molecule has 2 rings (SSSR count). The Hall–Kier alpha value is -1.32. The summed E-state index contributed by atoms with van der Waals surface area (Å²) in [5.74, 6) is 1.20. The van der Waals surface area contributed by atoms with Crippen LogP contribution in [0.1, 0.15) is 30.7 Å². The molecule has 3 heteroatoms. The maximum Gasteiger partial charge on any atom is 0.134 e. The Morgan fingerprint density at radius 3 is 2.83 bits per heavy atom. The first-order chi connectivity index (χ1) is 8.61. The molecule has 18 heavy (non-hydrogen) atoms. The minimum absolute atomic E-state index is 0.0761. The number of rotatable bonds is 5. The van der Waals surface area contributed by atoms with Crippen molar-refractivity contribution in [3.63, 3.8) is 0 Å². The molecule has 0 fully saturated rings. The van der Waals surface area contributed by atoms with Gasteiger partial charge in [0.05, 0.1) is 6.04 Å². The number of hydrogen-bond donors (Lipinski definition) is 1. The van der Waals surface area contributed by atoms with Gasteiger partial charge in [0.2, 0.25) is 0 Å². The Morgan fingerprint density at radius 1 is 1.33 bits per heavy atom. The molecule has 0 spiro atoms. The molecule has 0 radical (unpaired) electrons. The van der Waals surface area contributed by atoms with Gasteiger partial charge in [-0.25, -0.2) is 0 Å². The largest absolute Gasteiger partial charge is 0.459 e. The second kappa shape index (κ2) is 5.55. The second-order valence-corrected chi connectivity index (χ2v) is 4.97. The molecule has 1 aromatic carbocycles. The van der Waals surface area contributed by atoms with Crippen LogP contribution in [-0.4, -0.2) is 13.7 Å². The standard InChI is InChI=1S/C15H21NO2/c1-10-4-5-13-12(8-10)9-14(18-13)15(16)11(2)6-7-17-3/h4-5,8-9,11,15H,6-7,16H2,1-3H3. The highest BCUT2D eigenvalue weighted by atomic mass is 16.5. The molecular weight excluding hydrogens is 226 g/mol. The summed E-state index contributed by atoms with van der Waals surface area (Å²) in [5, 5.41) is 1.12. The van der Waals surface area contributed by atoms with Crippen molar-refractivity contribution in [3.8, 4) is 0 Å². The van der Waals surface area contributed by atoms with E-state index in [1.807, 2.05) is 6.07 Å². The predicted molar refractivity (Wildman–Crippen MR) is 73.5 cm³/mol. The van der Waals surface area contributed by atoms with Crippen LogP contribution in [0, 0.1) is 12.8 Å². The van der Waals surface area contributed by atoms with E-state index >= 15 is 0 Å². The quantitative estimate of drug-likeness (QED) is 0.880. The molecule has 98 valence electrons. The maximum atomic E-state index is 6.23. The lowest BCUT2D eigenvalue weighted by atomic mass is 9.97. The van der Waals surface area contributed by atoms with Gasteiger partial charge in [0.1, 0.15) is 11.3 Å². The Balaban J connectivity index is 2.19. The Bertz CT molecular complexity index is 518. The van der Waals surface area contributed by atoms with Crippen LogP contribution >= 0.6 is 0 Å². The average molecular weight is 247 g/mol. The number of hydrogen-bond acceptors (Lipinski definition) is 3. The van der Waals surface area contributed by atoms with Crippen molar-refractivity contribution in [2.45, 2.75) is 26.3 Å². The number of ether oxygens (including phenoxy) is 1. The SMILES string of the molecule is COCCC(C)C(N)c1cc2cc(C)ccc2o1. The highest BCUT2D eigenvalue weighted by Crippen LogP contribution is 2.28. The van der Waals surface area contributed by atoms with Crippen molar-refractivity contribution in [3.05, 3.63) is 35.6 Å². The van der Waals surface area contributed by atoms with Gasteiger partial charge < -0.3 is 14.9 Å². The molecule has 2 atom stereocenters. The van der Waals surface area contributed by atoms with E-state index in [-0.39, 0.29) is 6.04 Å². The Kier molecular flexibility index (Phi) is 4.04. The number of methoxy groups -OCH3 is 1. The minimum Gasteiger partial charge on any atom is -0.459 e. The summed E-state index contributed by atoms with van der Waals surface area (Å²) in [6.07, 6.45) is 0.938. The van der Waals surface area contributed by atoms with Crippen LogP contribution in [0.25, 0.3) is 11.0 Å². The third-order valence-corrected chi connectivity index (χ3v) is 3.41. The normalized spacial score (nSPS) is 14.9. The molecule has 2 N–H and O–H groups in total. The molecule has 0 saturated carbocycles. The summed E-state index contributed by atoms with van der Waals surface area (Å²) in [7, 11) is 1.71. The lowest BCUT2D eigenvalue weighted by Crippen LogP contribution is -2.19.